The lowest BCUT2D eigenvalue weighted by Crippen LogP contribution is -2.42. The summed E-state index contributed by atoms with van der Waals surface area (Å²) < 4.78 is 33.8. The zero-order valence-electron chi connectivity index (χ0n) is 21.1. The Kier molecular flexibility index (Phi) is 7.94. The van der Waals surface area contributed by atoms with Crippen LogP contribution in [0.3, 0.4) is 0 Å². The van der Waals surface area contributed by atoms with Crippen LogP contribution in [0, 0.1) is 13.8 Å². The zero-order chi connectivity index (χ0) is 26.4. The number of nitrogens with one attached hydrogen (secondary N) is 1. The number of sulfonamides is 1. The van der Waals surface area contributed by atoms with Gasteiger partial charge >= 0.3 is 0 Å². The van der Waals surface area contributed by atoms with E-state index in [1.165, 1.54) is 19.2 Å². The third-order valence-electron chi connectivity index (χ3n) is 6.19. The van der Waals surface area contributed by atoms with Gasteiger partial charge in [-0.1, -0.05) is 72.3 Å². The van der Waals surface area contributed by atoms with Gasteiger partial charge in [-0.15, -0.1) is 0 Å². The van der Waals surface area contributed by atoms with E-state index < -0.39 is 22.0 Å². The number of carbonyl (C=O) groups is 1. The molecule has 0 radical (unpaired) electrons. The maximum Gasteiger partial charge on any atom is 0.264 e. The molecule has 0 fully saturated rings. The van der Waals surface area contributed by atoms with Crippen molar-refractivity contribution in [1.29, 1.82) is 0 Å². The van der Waals surface area contributed by atoms with E-state index in [1.54, 1.807) is 24.3 Å². The van der Waals surface area contributed by atoms with Gasteiger partial charge in [-0.05, 0) is 66.9 Å². The van der Waals surface area contributed by atoms with Crippen LogP contribution in [0.15, 0.2) is 108 Å². The number of nitrogens with zero attached hydrogens (tertiary/aromatic N) is 1. The highest BCUT2D eigenvalue weighted by molar-refractivity contribution is 7.92. The molecule has 0 aromatic heterocycles. The minimum atomic E-state index is -4.04. The molecule has 4 aromatic rings. The molecular weight excluding hydrogens is 484 g/mol. The maximum absolute atomic E-state index is 13.7. The fourth-order valence-corrected chi connectivity index (χ4v) is 5.56. The van der Waals surface area contributed by atoms with Crippen LogP contribution < -0.4 is 14.4 Å². The molecule has 0 saturated heterocycles. The third kappa shape index (κ3) is 6.01. The van der Waals surface area contributed by atoms with Crippen LogP contribution >= 0.6 is 0 Å². The monoisotopic (exact) mass is 514 g/mol. The maximum atomic E-state index is 13.7. The Hall–Kier alpha value is -4.10. The quantitative estimate of drug-likeness (QED) is 0.324. The number of hydrogen-bond acceptors (Lipinski definition) is 4. The predicted molar refractivity (Wildman–Crippen MR) is 146 cm³/mol. The van der Waals surface area contributed by atoms with E-state index in [9.17, 15) is 13.2 Å². The Morgan fingerprint density at radius 3 is 2.08 bits per heavy atom. The van der Waals surface area contributed by atoms with Gasteiger partial charge in [-0.3, -0.25) is 9.10 Å². The van der Waals surface area contributed by atoms with Crippen LogP contribution in [0.5, 0.6) is 5.75 Å². The summed E-state index contributed by atoms with van der Waals surface area (Å²) in [6.45, 7) is 3.53. The van der Waals surface area contributed by atoms with Crippen LogP contribution in [0.4, 0.5) is 5.69 Å². The van der Waals surface area contributed by atoms with Crippen molar-refractivity contribution in [1.82, 2.24) is 5.32 Å². The summed E-state index contributed by atoms with van der Waals surface area (Å²) in [6.07, 6.45) is 0. The lowest BCUT2D eigenvalue weighted by atomic mass is 9.95. The number of benzene rings is 4. The van der Waals surface area contributed by atoms with Crippen LogP contribution in [0.25, 0.3) is 0 Å². The summed E-state index contributed by atoms with van der Waals surface area (Å²) in [5, 5.41) is 3.08. The number of amides is 1. The molecule has 1 atom stereocenters. The second-order valence-electron chi connectivity index (χ2n) is 8.79. The van der Waals surface area contributed by atoms with Crippen LogP contribution in [-0.2, 0) is 14.8 Å². The van der Waals surface area contributed by atoms with Crippen LogP contribution in [0.2, 0.25) is 0 Å². The molecule has 0 spiro atoms. The largest absolute Gasteiger partial charge is 0.497 e. The fourth-order valence-electron chi connectivity index (χ4n) is 4.13. The van der Waals surface area contributed by atoms with Gasteiger partial charge < -0.3 is 10.1 Å². The molecule has 190 valence electrons. The molecule has 1 amide bonds. The number of carbonyl (C=O) groups excluding carboxylic acids is 1. The summed E-state index contributed by atoms with van der Waals surface area (Å²) in [7, 11) is -2.53. The third-order valence-corrected chi connectivity index (χ3v) is 7.98. The molecule has 0 heterocycles. The lowest BCUT2D eigenvalue weighted by molar-refractivity contribution is -0.120. The molecule has 0 aliphatic heterocycles. The van der Waals surface area contributed by atoms with Crippen molar-refractivity contribution in [2.75, 3.05) is 18.0 Å². The second kappa shape index (κ2) is 11.3. The fraction of sp³-hybridized carbons (Fsp3) is 0.167. The highest BCUT2D eigenvalue weighted by Crippen LogP contribution is 2.27. The molecule has 0 aliphatic rings. The van der Waals surface area contributed by atoms with Gasteiger partial charge in [0.05, 0.1) is 23.7 Å². The van der Waals surface area contributed by atoms with E-state index in [0.717, 1.165) is 26.6 Å². The lowest BCUT2D eigenvalue weighted by Gasteiger charge is -2.27. The van der Waals surface area contributed by atoms with Gasteiger partial charge in [-0.2, -0.15) is 0 Å². The number of aryl methyl sites for hydroxylation is 2. The van der Waals surface area contributed by atoms with Crippen molar-refractivity contribution in [3.63, 3.8) is 0 Å². The van der Waals surface area contributed by atoms with Gasteiger partial charge in [0.15, 0.2) is 0 Å². The molecule has 37 heavy (non-hydrogen) atoms. The Bertz CT molecular complexity index is 1450. The SMILES string of the molecule is COc1ccc(S(=O)(=O)N(CC(=O)N[C@H](c2ccccc2)c2ccccc2C)c2ccc(C)cc2)cc1. The summed E-state index contributed by atoms with van der Waals surface area (Å²) in [5.74, 6) is 0.122. The van der Waals surface area contributed by atoms with Crippen LogP contribution in [0.1, 0.15) is 28.3 Å². The minimum absolute atomic E-state index is 0.0696. The summed E-state index contributed by atoms with van der Waals surface area (Å²) in [5.41, 5.74) is 4.27. The normalized spacial score (nSPS) is 12.0. The topological polar surface area (TPSA) is 75.7 Å². The number of rotatable bonds is 9. The van der Waals surface area contributed by atoms with Crippen molar-refractivity contribution in [2.45, 2.75) is 24.8 Å². The molecule has 6 nitrogen and oxygen atoms in total. The second-order valence-corrected chi connectivity index (χ2v) is 10.7. The Morgan fingerprint density at radius 2 is 1.46 bits per heavy atom. The summed E-state index contributed by atoms with van der Waals surface area (Å²) >= 11 is 0. The Morgan fingerprint density at radius 1 is 0.838 bits per heavy atom. The van der Waals surface area contributed by atoms with Gasteiger partial charge in [0, 0.05) is 0 Å². The van der Waals surface area contributed by atoms with Gasteiger partial charge in [0.1, 0.15) is 12.3 Å². The number of anilines is 1. The molecule has 0 saturated carbocycles. The molecule has 4 rings (SSSR count). The number of hydrogen-bond donors (Lipinski definition) is 1. The van der Waals surface area contributed by atoms with Crippen molar-refractivity contribution >= 4 is 21.6 Å². The Balaban J connectivity index is 1.69. The van der Waals surface area contributed by atoms with Crippen molar-refractivity contribution < 1.29 is 17.9 Å². The molecule has 0 bridgehead atoms. The minimum Gasteiger partial charge on any atom is -0.497 e. The van der Waals surface area contributed by atoms with E-state index in [2.05, 4.69) is 5.32 Å². The number of ether oxygens (including phenoxy) is 1. The average Bonchev–Trinajstić information content (AvgIpc) is 2.92. The first-order valence-electron chi connectivity index (χ1n) is 11.9. The van der Waals surface area contributed by atoms with Gasteiger partial charge in [0.2, 0.25) is 5.91 Å². The molecule has 4 aromatic carbocycles. The first kappa shape index (κ1) is 26.0. The highest BCUT2D eigenvalue weighted by atomic mass is 32.2. The predicted octanol–water partition coefficient (Wildman–Crippen LogP) is 5.41. The van der Waals surface area contributed by atoms with Crippen molar-refractivity contribution in [2.24, 2.45) is 0 Å². The Labute approximate surface area is 218 Å². The highest BCUT2D eigenvalue weighted by Gasteiger charge is 2.29. The summed E-state index contributed by atoms with van der Waals surface area (Å²) in [6, 6.07) is 30.2. The van der Waals surface area contributed by atoms with Crippen molar-refractivity contribution in [3.8, 4) is 5.75 Å². The smallest absolute Gasteiger partial charge is 0.264 e. The van der Waals surface area contributed by atoms with Crippen LogP contribution in [-0.4, -0.2) is 28.0 Å². The first-order chi connectivity index (χ1) is 17.8. The zero-order valence-corrected chi connectivity index (χ0v) is 21.9. The van der Waals surface area contributed by atoms with Gasteiger partial charge in [-0.25, -0.2) is 8.42 Å². The van der Waals surface area contributed by atoms with E-state index in [4.69, 9.17) is 4.74 Å². The van der Waals surface area contributed by atoms with E-state index in [1.807, 2.05) is 80.6 Å². The molecular formula is C30H30N2O4S. The summed E-state index contributed by atoms with van der Waals surface area (Å²) in [4.78, 5) is 13.6. The molecule has 7 heteroatoms. The average molecular weight is 515 g/mol. The first-order valence-corrected chi connectivity index (χ1v) is 13.4. The van der Waals surface area contributed by atoms with E-state index in [-0.39, 0.29) is 11.4 Å². The number of methoxy groups -OCH3 is 1. The van der Waals surface area contributed by atoms with E-state index >= 15 is 0 Å². The van der Waals surface area contributed by atoms with Crippen molar-refractivity contribution in [3.05, 3.63) is 125 Å². The standard InChI is InChI=1S/C30H30N2O4S/c1-22-13-15-25(16-14-22)32(37(34,35)27-19-17-26(36-3)18-20-27)21-29(33)31-30(24-10-5-4-6-11-24)28-12-8-7-9-23(28)2/h4-20,30H,21H2,1-3H3,(H,31,33)/t30-/m1/s1. The molecule has 0 unspecified atom stereocenters. The molecule has 1 N–H and O–H groups in total. The van der Waals surface area contributed by atoms with E-state index in [0.29, 0.717) is 11.4 Å². The van der Waals surface area contributed by atoms with Gasteiger partial charge in [0.25, 0.3) is 10.0 Å². The molecule has 0 aliphatic carbocycles.